The van der Waals surface area contributed by atoms with E-state index in [4.69, 9.17) is 11.5 Å². The molecule has 0 spiro atoms. The Morgan fingerprint density at radius 3 is 2.07 bits per heavy atom. The number of nitrogens with two attached hydrogens (primary N) is 2. The van der Waals surface area contributed by atoms with Gasteiger partial charge in [0.2, 0.25) is 11.8 Å². The molecule has 0 aromatic carbocycles. The van der Waals surface area contributed by atoms with Crippen LogP contribution in [0.4, 0.5) is 0 Å². The lowest BCUT2D eigenvalue weighted by Crippen LogP contribution is -2.53. The van der Waals surface area contributed by atoms with Gasteiger partial charge in [-0.15, -0.1) is 0 Å². The maximum absolute atomic E-state index is 11.8. The van der Waals surface area contributed by atoms with Gasteiger partial charge in [0.25, 0.3) is 0 Å². The third-order valence-corrected chi connectivity index (χ3v) is 2.74. The number of rotatable bonds is 2. The van der Waals surface area contributed by atoms with Crippen molar-refractivity contribution in [2.45, 2.75) is 32.2 Å². The third-order valence-electron chi connectivity index (χ3n) is 2.74. The minimum absolute atomic E-state index is 0.0644. The van der Waals surface area contributed by atoms with E-state index in [0.717, 1.165) is 0 Å². The van der Waals surface area contributed by atoms with Crippen LogP contribution in [0.15, 0.2) is 0 Å². The maximum atomic E-state index is 11.8. The van der Waals surface area contributed by atoms with E-state index in [1.165, 1.54) is 0 Å². The van der Waals surface area contributed by atoms with E-state index in [1.54, 1.807) is 18.7 Å². The van der Waals surface area contributed by atoms with E-state index in [9.17, 15) is 9.59 Å². The SMILES string of the molecule is CC(C)(N)C(=O)N1CCC(C(N)=O)CC1. The summed E-state index contributed by atoms with van der Waals surface area (Å²) in [6.45, 7) is 4.53. The van der Waals surface area contributed by atoms with Crippen molar-refractivity contribution in [1.82, 2.24) is 4.90 Å². The van der Waals surface area contributed by atoms with E-state index in [0.29, 0.717) is 25.9 Å². The lowest BCUT2D eigenvalue weighted by atomic mass is 9.94. The molecule has 0 atom stereocenters. The molecule has 0 aromatic heterocycles. The third kappa shape index (κ3) is 2.92. The minimum Gasteiger partial charge on any atom is -0.369 e. The number of carbonyl (C=O) groups is 2. The maximum Gasteiger partial charge on any atom is 0.242 e. The zero-order chi connectivity index (χ0) is 11.6. The highest BCUT2D eigenvalue weighted by molar-refractivity contribution is 5.85. The molecule has 1 aliphatic heterocycles. The Bertz CT molecular complexity index is 262. The normalized spacial score (nSPS) is 19.0. The zero-order valence-corrected chi connectivity index (χ0v) is 9.32. The van der Waals surface area contributed by atoms with Gasteiger partial charge in [-0.2, -0.15) is 0 Å². The predicted octanol–water partition coefficient (Wildman–Crippen LogP) is -0.552. The van der Waals surface area contributed by atoms with Gasteiger partial charge < -0.3 is 16.4 Å². The van der Waals surface area contributed by atoms with Crippen molar-refractivity contribution < 1.29 is 9.59 Å². The zero-order valence-electron chi connectivity index (χ0n) is 9.32. The highest BCUT2D eigenvalue weighted by Crippen LogP contribution is 2.18. The van der Waals surface area contributed by atoms with Crippen LogP contribution >= 0.6 is 0 Å². The van der Waals surface area contributed by atoms with E-state index in [2.05, 4.69) is 0 Å². The summed E-state index contributed by atoms with van der Waals surface area (Å²) in [7, 11) is 0. The standard InChI is InChI=1S/C10H19N3O2/c1-10(2,12)9(15)13-5-3-7(4-6-13)8(11)14/h7H,3-6,12H2,1-2H3,(H2,11,14). The first-order valence-electron chi connectivity index (χ1n) is 5.20. The second-order valence-corrected chi connectivity index (χ2v) is 4.69. The van der Waals surface area contributed by atoms with Gasteiger partial charge in [-0.1, -0.05) is 0 Å². The first-order valence-corrected chi connectivity index (χ1v) is 5.20. The van der Waals surface area contributed by atoms with Crippen molar-refractivity contribution in [2.75, 3.05) is 13.1 Å². The Labute approximate surface area is 89.8 Å². The number of amides is 2. The van der Waals surface area contributed by atoms with Crippen molar-refractivity contribution in [3.05, 3.63) is 0 Å². The highest BCUT2D eigenvalue weighted by atomic mass is 16.2. The van der Waals surface area contributed by atoms with Crippen LogP contribution in [-0.4, -0.2) is 35.3 Å². The molecule has 15 heavy (non-hydrogen) atoms. The molecule has 0 aromatic rings. The smallest absolute Gasteiger partial charge is 0.242 e. The lowest BCUT2D eigenvalue weighted by Gasteiger charge is -2.34. The van der Waals surface area contributed by atoms with Crippen molar-refractivity contribution in [3.8, 4) is 0 Å². The summed E-state index contributed by atoms with van der Waals surface area (Å²) < 4.78 is 0. The molecule has 0 bridgehead atoms. The molecule has 5 nitrogen and oxygen atoms in total. The molecule has 4 N–H and O–H groups in total. The first kappa shape index (κ1) is 12.0. The van der Waals surface area contributed by atoms with Gasteiger partial charge in [0.05, 0.1) is 5.54 Å². The molecule has 0 saturated carbocycles. The summed E-state index contributed by atoms with van der Waals surface area (Å²) in [6, 6.07) is 0. The van der Waals surface area contributed by atoms with Crippen molar-refractivity contribution in [2.24, 2.45) is 17.4 Å². The lowest BCUT2D eigenvalue weighted by molar-refractivity contribution is -0.138. The fraction of sp³-hybridized carbons (Fsp3) is 0.800. The monoisotopic (exact) mass is 213 g/mol. The van der Waals surface area contributed by atoms with Crippen LogP contribution in [0.3, 0.4) is 0 Å². The van der Waals surface area contributed by atoms with Crippen LogP contribution in [0.1, 0.15) is 26.7 Å². The van der Waals surface area contributed by atoms with E-state index in [1.807, 2.05) is 0 Å². The molecule has 0 radical (unpaired) electrons. The second-order valence-electron chi connectivity index (χ2n) is 4.69. The van der Waals surface area contributed by atoms with Gasteiger partial charge in [0.15, 0.2) is 0 Å². The molecule has 2 amide bonds. The average Bonchev–Trinajstić information content (AvgIpc) is 2.15. The summed E-state index contributed by atoms with van der Waals surface area (Å²) >= 11 is 0. The van der Waals surface area contributed by atoms with Crippen LogP contribution in [0.2, 0.25) is 0 Å². The molecule has 0 aliphatic carbocycles. The number of hydrogen-bond acceptors (Lipinski definition) is 3. The highest BCUT2D eigenvalue weighted by Gasteiger charge is 2.31. The van der Waals surface area contributed by atoms with Gasteiger partial charge in [-0.05, 0) is 26.7 Å². The van der Waals surface area contributed by atoms with Gasteiger partial charge >= 0.3 is 0 Å². The number of likely N-dealkylation sites (tertiary alicyclic amines) is 1. The van der Waals surface area contributed by atoms with E-state index >= 15 is 0 Å². The van der Waals surface area contributed by atoms with Gasteiger partial charge in [0.1, 0.15) is 0 Å². The number of hydrogen-bond donors (Lipinski definition) is 2. The largest absolute Gasteiger partial charge is 0.369 e. The first-order chi connectivity index (χ1) is 6.82. The van der Waals surface area contributed by atoms with Gasteiger partial charge in [-0.25, -0.2) is 0 Å². The van der Waals surface area contributed by atoms with Crippen LogP contribution < -0.4 is 11.5 Å². The number of piperidine rings is 1. The molecule has 1 aliphatic rings. The minimum atomic E-state index is -0.834. The van der Waals surface area contributed by atoms with E-state index in [-0.39, 0.29) is 17.7 Å². The van der Waals surface area contributed by atoms with Crippen LogP contribution in [-0.2, 0) is 9.59 Å². The molecule has 0 unspecified atom stereocenters. The quantitative estimate of drug-likeness (QED) is 0.644. The summed E-state index contributed by atoms with van der Waals surface area (Å²) in [6.07, 6.45) is 1.30. The molecule has 1 rings (SSSR count). The second kappa shape index (κ2) is 4.18. The van der Waals surface area contributed by atoms with Crippen LogP contribution in [0.5, 0.6) is 0 Å². The summed E-state index contributed by atoms with van der Waals surface area (Å²) in [5, 5.41) is 0. The predicted molar refractivity (Wildman–Crippen MR) is 56.8 cm³/mol. The number of nitrogens with zero attached hydrogens (tertiary/aromatic N) is 1. The fourth-order valence-corrected chi connectivity index (χ4v) is 1.77. The Hall–Kier alpha value is -1.10. The molecule has 5 heteroatoms. The number of carbonyl (C=O) groups excluding carboxylic acids is 2. The number of primary amides is 1. The van der Waals surface area contributed by atoms with Crippen molar-refractivity contribution in [1.29, 1.82) is 0 Å². The van der Waals surface area contributed by atoms with Crippen LogP contribution in [0, 0.1) is 5.92 Å². The Morgan fingerprint density at radius 2 is 1.73 bits per heavy atom. The topological polar surface area (TPSA) is 89.4 Å². The summed E-state index contributed by atoms with van der Waals surface area (Å²) in [5.74, 6) is -0.422. The van der Waals surface area contributed by atoms with Crippen LogP contribution in [0.25, 0.3) is 0 Å². The molecular formula is C10H19N3O2. The Morgan fingerprint density at radius 1 is 1.27 bits per heavy atom. The van der Waals surface area contributed by atoms with E-state index < -0.39 is 5.54 Å². The Kier molecular flexibility index (Phi) is 3.34. The van der Waals surface area contributed by atoms with Gasteiger partial charge in [0, 0.05) is 19.0 Å². The van der Waals surface area contributed by atoms with Crippen molar-refractivity contribution in [3.63, 3.8) is 0 Å². The molecule has 1 heterocycles. The molecule has 1 saturated heterocycles. The fourth-order valence-electron chi connectivity index (χ4n) is 1.77. The summed E-state index contributed by atoms with van der Waals surface area (Å²) in [5.41, 5.74) is 10.1. The van der Waals surface area contributed by atoms with Gasteiger partial charge in [-0.3, -0.25) is 9.59 Å². The summed E-state index contributed by atoms with van der Waals surface area (Å²) in [4.78, 5) is 24.4. The molecule has 86 valence electrons. The Balaban J connectivity index is 2.51. The molecule has 1 fully saturated rings. The van der Waals surface area contributed by atoms with Crippen molar-refractivity contribution >= 4 is 11.8 Å². The molecular weight excluding hydrogens is 194 g/mol. The average molecular weight is 213 g/mol.